The minimum absolute atomic E-state index is 0.0995. The molecule has 0 bridgehead atoms. The Morgan fingerprint density at radius 2 is 2.10 bits per heavy atom. The van der Waals surface area contributed by atoms with E-state index >= 15 is 0 Å². The fraction of sp³-hybridized carbons (Fsp3) is 0.308. The number of alkyl halides is 3. The van der Waals surface area contributed by atoms with Crippen LogP contribution >= 0.6 is 0 Å². The summed E-state index contributed by atoms with van der Waals surface area (Å²) in [5.41, 5.74) is -0.431. The normalized spacial score (nSPS) is 16.2. The number of allylic oxidation sites excluding steroid dienone is 2. The van der Waals surface area contributed by atoms with Crippen LogP contribution in [0.5, 0.6) is 11.5 Å². The molecule has 7 heteroatoms. The number of nitrogens with zero attached hydrogens (tertiary/aromatic N) is 1. The Morgan fingerprint density at radius 1 is 1.35 bits per heavy atom. The number of halogens is 3. The number of nitrogens with two attached hydrogens (primary N) is 1. The number of hydrogen-bond acceptors (Lipinski definition) is 3. The standard InChI is InChI=1S/C13H13F3N2O2/c1-20-8-2-3-11(19)9(6-8)10-7-12(13(14,15)16)18-5-4-17-10/h2-3,6-7,18-19H,4-5H2,1H3/p+1. The average molecular weight is 287 g/mol. The quantitative estimate of drug-likeness (QED) is 0.859. The third kappa shape index (κ3) is 3.11. The highest BCUT2D eigenvalue weighted by Crippen LogP contribution is 2.26. The molecule has 108 valence electrons. The number of aromatic hydroxyl groups is 1. The van der Waals surface area contributed by atoms with Gasteiger partial charge < -0.3 is 15.2 Å². The molecule has 0 unspecified atom stereocenters. The highest BCUT2D eigenvalue weighted by Gasteiger charge is 2.39. The van der Waals surface area contributed by atoms with Gasteiger partial charge in [-0.1, -0.05) is 0 Å². The summed E-state index contributed by atoms with van der Waals surface area (Å²) in [6, 6.07) is 4.35. The number of rotatable bonds is 2. The van der Waals surface area contributed by atoms with Crippen LogP contribution in [0.2, 0.25) is 0 Å². The van der Waals surface area contributed by atoms with Crippen molar-refractivity contribution in [1.82, 2.24) is 0 Å². The third-order valence-electron chi connectivity index (χ3n) is 2.87. The zero-order valence-electron chi connectivity index (χ0n) is 10.7. The Morgan fingerprint density at radius 3 is 2.75 bits per heavy atom. The summed E-state index contributed by atoms with van der Waals surface area (Å²) in [7, 11) is 1.44. The predicted octanol–water partition coefficient (Wildman–Crippen LogP) is 1.21. The molecule has 20 heavy (non-hydrogen) atoms. The number of ether oxygens (including phenoxy) is 1. The first-order valence-electron chi connectivity index (χ1n) is 5.96. The van der Waals surface area contributed by atoms with E-state index in [9.17, 15) is 18.3 Å². The van der Waals surface area contributed by atoms with Crippen molar-refractivity contribution in [3.05, 3.63) is 35.5 Å². The van der Waals surface area contributed by atoms with Gasteiger partial charge in [-0.05, 0) is 18.2 Å². The second-order valence-electron chi connectivity index (χ2n) is 4.24. The van der Waals surface area contributed by atoms with Crippen LogP contribution in [0.1, 0.15) is 5.56 Å². The van der Waals surface area contributed by atoms with E-state index in [0.29, 0.717) is 5.75 Å². The molecular formula is C13H14F3N2O2+. The van der Waals surface area contributed by atoms with Crippen molar-refractivity contribution in [3.8, 4) is 11.5 Å². The van der Waals surface area contributed by atoms with E-state index in [0.717, 1.165) is 11.4 Å². The zero-order valence-corrected chi connectivity index (χ0v) is 10.7. The monoisotopic (exact) mass is 287 g/mol. The lowest BCUT2D eigenvalue weighted by Gasteiger charge is -2.09. The van der Waals surface area contributed by atoms with Crippen LogP contribution in [-0.4, -0.2) is 37.2 Å². The van der Waals surface area contributed by atoms with Crippen molar-refractivity contribution >= 4 is 5.71 Å². The minimum atomic E-state index is -4.43. The van der Waals surface area contributed by atoms with Gasteiger partial charge in [0.1, 0.15) is 18.0 Å². The molecule has 0 fully saturated rings. The summed E-state index contributed by atoms with van der Waals surface area (Å²) >= 11 is 0. The molecule has 4 nitrogen and oxygen atoms in total. The van der Waals surface area contributed by atoms with Gasteiger partial charge in [0.25, 0.3) is 0 Å². The van der Waals surface area contributed by atoms with Gasteiger partial charge in [0, 0.05) is 11.6 Å². The molecule has 0 spiro atoms. The average Bonchev–Trinajstić information content (AvgIpc) is 2.64. The summed E-state index contributed by atoms with van der Waals surface area (Å²) in [6.07, 6.45) is -3.49. The number of hydrogen-bond donors (Lipinski definition) is 2. The fourth-order valence-corrected chi connectivity index (χ4v) is 1.86. The van der Waals surface area contributed by atoms with Gasteiger partial charge in [-0.2, -0.15) is 13.2 Å². The highest BCUT2D eigenvalue weighted by atomic mass is 19.4. The van der Waals surface area contributed by atoms with Crippen LogP contribution in [0.15, 0.2) is 35.0 Å². The molecule has 1 aliphatic rings. The number of aliphatic imine (C=N–C) groups is 1. The molecule has 0 aromatic heterocycles. The Bertz CT molecular complexity index is 565. The van der Waals surface area contributed by atoms with Crippen LogP contribution < -0.4 is 10.1 Å². The number of benzene rings is 1. The fourth-order valence-electron chi connectivity index (χ4n) is 1.86. The lowest BCUT2D eigenvalue weighted by molar-refractivity contribution is -0.622. The van der Waals surface area contributed by atoms with Gasteiger partial charge in [-0.15, -0.1) is 0 Å². The van der Waals surface area contributed by atoms with E-state index in [4.69, 9.17) is 4.74 Å². The highest BCUT2D eigenvalue weighted by molar-refractivity contribution is 6.11. The Labute approximate surface area is 113 Å². The molecule has 0 atom stereocenters. The van der Waals surface area contributed by atoms with E-state index < -0.39 is 11.9 Å². The maximum Gasteiger partial charge on any atom is 0.466 e. The molecule has 3 N–H and O–H groups in total. The molecule has 1 aromatic rings. The van der Waals surface area contributed by atoms with Crippen molar-refractivity contribution in [1.29, 1.82) is 0 Å². The predicted molar refractivity (Wildman–Crippen MR) is 67.0 cm³/mol. The molecule has 2 rings (SSSR count). The van der Waals surface area contributed by atoms with E-state index in [2.05, 4.69) is 4.99 Å². The summed E-state index contributed by atoms with van der Waals surface area (Å²) in [4.78, 5) is 4.09. The first kappa shape index (κ1) is 14.4. The summed E-state index contributed by atoms with van der Waals surface area (Å²) in [5.74, 6) is 0.305. The number of phenols is 1. The lowest BCUT2D eigenvalue weighted by atomic mass is 10.1. The molecule has 1 aromatic carbocycles. The second-order valence-corrected chi connectivity index (χ2v) is 4.24. The van der Waals surface area contributed by atoms with E-state index in [1.807, 2.05) is 0 Å². The summed E-state index contributed by atoms with van der Waals surface area (Å²) in [5, 5.41) is 10.9. The minimum Gasteiger partial charge on any atom is -0.507 e. The maximum atomic E-state index is 12.8. The van der Waals surface area contributed by atoms with Gasteiger partial charge in [0.15, 0.2) is 0 Å². The summed E-state index contributed by atoms with van der Waals surface area (Å²) in [6.45, 7) is 0.446. The molecule has 0 radical (unpaired) electrons. The topological polar surface area (TPSA) is 58.4 Å². The molecule has 0 amide bonds. The van der Waals surface area contributed by atoms with Gasteiger partial charge in [0.2, 0.25) is 5.70 Å². The molecule has 0 saturated carbocycles. The Kier molecular flexibility index (Phi) is 3.99. The number of methoxy groups -OCH3 is 1. The van der Waals surface area contributed by atoms with E-state index in [-0.39, 0.29) is 30.1 Å². The first-order chi connectivity index (χ1) is 9.41. The Balaban J connectivity index is 2.47. The van der Waals surface area contributed by atoms with Crippen LogP contribution in [0.3, 0.4) is 0 Å². The smallest absolute Gasteiger partial charge is 0.466 e. The first-order valence-corrected chi connectivity index (χ1v) is 5.96. The molecule has 1 aliphatic heterocycles. The van der Waals surface area contributed by atoms with Gasteiger partial charge in [-0.25, -0.2) is 0 Å². The van der Waals surface area contributed by atoms with Gasteiger partial charge in [0.05, 0.1) is 19.4 Å². The lowest BCUT2D eigenvalue weighted by Crippen LogP contribution is -2.85. The van der Waals surface area contributed by atoms with Crippen molar-refractivity contribution < 1.29 is 28.3 Å². The molecular weight excluding hydrogens is 273 g/mol. The molecule has 0 aliphatic carbocycles. The Hall–Kier alpha value is -2.02. The van der Waals surface area contributed by atoms with E-state index in [1.54, 1.807) is 0 Å². The van der Waals surface area contributed by atoms with Crippen molar-refractivity contribution in [2.45, 2.75) is 6.18 Å². The van der Waals surface area contributed by atoms with E-state index in [1.165, 1.54) is 25.3 Å². The van der Waals surface area contributed by atoms with Gasteiger partial charge >= 0.3 is 6.18 Å². The van der Waals surface area contributed by atoms with Crippen LogP contribution in [0.4, 0.5) is 13.2 Å². The summed E-state index contributed by atoms with van der Waals surface area (Å²) < 4.78 is 43.5. The van der Waals surface area contributed by atoms with Crippen LogP contribution in [0, 0.1) is 0 Å². The van der Waals surface area contributed by atoms with Crippen LogP contribution in [-0.2, 0) is 0 Å². The second kappa shape index (κ2) is 5.54. The molecule has 0 saturated heterocycles. The van der Waals surface area contributed by atoms with Gasteiger partial charge in [-0.3, -0.25) is 4.99 Å². The van der Waals surface area contributed by atoms with Crippen LogP contribution in [0.25, 0.3) is 0 Å². The van der Waals surface area contributed by atoms with Crippen molar-refractivity contribution in [3.63, 3.8) is 0 Å². The number of phenolic OH excluding ortho intramolecular Hbond substituents is 1. The van der Waals surface area contributed by atoms with Crippen molar-refractivity contribution in [2.24, 2.45) is 4.99 Å². The van der Waals surface area contributed by atoms with Crippen molar-refractivity contribution in [2.75, 3.05) is 20.2 Å². The number of quaternary nitrogens is 1. The molecule has 1 heterocycles. The maximum absolute atomic E-state index is 12.8. The SMILES string of the molecule is COc1ccc(O)c(C2=NCC[NH2+]C(C(F)(F)F)=C2)c1. The third-order valence-corrected chi connectivity index (χ3v) is 2.87. The largest absolute Gasteiger partial charge is 0.507 e. The zero-order chi connectivity index (χ0) is 14.8.